The summed E-state index contributed by atoms with van der Waals surface area (Å²) in [6, 6.07) is 37.9. The molecule has 0 aliphatic heterocycles. The van der Waals surface area contributed by atoms with Crippen LogP contribution in [0.1, 0.15) is 86.9 Å². The second-order valence-electron chi connectivity index (χ2n) is 12.3. The number of hydrogen-bond donors (Lipinski definition) is 0. The summed E-state index contributed by atoms with van der Waals surface area (Å²) in [4.78, 5) is 0. The van der Waals surface area contributed by atoms with E-state index in [-0.39, 0.29) is 58.4 Å². The van der Waals surface area contributed by atoms with Crippen molar-refractivity contribution >= 4 is 15.1 Å². The fourth-order valence-electron chi connectivity index (χ4n) is 6.89. The molecule has 6 rings (SSSR count). The Labute approximate surface area is 319 Å². The molecule has 1 atom stereocenters. The fraction of sp³-hybridized carbons (Fsp3) is 0.256. The van der Waals surface area contributed by atoms with E-state index in [4.69, 9.17) is 4.74 Å². The molecule has 48 heavy (non-hydrogen) atoms. The molecule has 5 heteroatoms. The molecule has 245 valence electrons. The van der Waals surface area contributed by atoms with E-state index in [1.54, 1.807) is 0 Å². The fourth-order valence-corrected chi connectivity index (χ4v) is 6.89. The van der Waals surface area contributed by atoms with Gasteiger partial charge in [-0.3, -0.25) is 0 Å². The molecule has 0 fully saturated rings. The molecule has 0 N–H and O–H groups in total. The summed E-state index contributed by atoms with van der Waals surface area (Å²) >= 11 is 0. The monoisotopic (exact) mass is 723 g/mol. The standard InChI is InChI=1S/C41H39O.C2H6Si.2ClH.Ti/c1-25-23-36(41(32-17-11-8-12-18-32)33-19-13-9-14-20-33)37(42-34-21-15-10-16-22-34)24-35(25)39-31(7)30(6)38-28(4)26(2)27(3)29(5)40(38)39;1-3-2;;;/h8-23,39,41H,1-7H3;1-2H3;2*1H;/q-1;;;;+3/p-2. The molecular weight excluding hydrogens is 679 g/mol. The van der Waals surface area contributed by atoms with Gasteiger partial charge in [-0.1, -0.05) is 104 Å². The van der Waals surface area contributed by atoms with Crippen LogP contribution in [0.2, 0.25) is 13.1 Å². The first-order valence-electron chi connectivity index (χ1n) is 15.9. The molecule has 0 aromatic heterocycles. The third-order valence-electron chi connectivity index (χ3n) is 9.56. The van der Waals surface area contributed by atoms with Crippen molar-refractivity contribution in [3.8, 4) is 11.5 Å². The van der Waals surface area contributed by atoms with Crippen molar-refractivity contribution in [2.45, 2.75) is 73.4 Å². The smallest absolute Gasteiger partial charge is 1.00 e. The summed E-state index contributed by atoms with van der Waals surface area (Å²) in [5.74, 6) is 1.77. The molecule has 1 aliphatic carbocycles. The van der Waals surface area contributed by atoms with Gasteiger partial charge in [-0.15, -0.1) is 17.2 Å². The number of benzene rings is 5. The van der Waals surface area contributed by atoms with E-state index in [0.717, 1.165) is 26.6 Å². The summed E-state index contributed by atoms with van der Waals surface area (Å²) in [6.45, 7) is 20.3. The van der Waals surface area contributed by atoms with Gasteiger partial charge in [-0.05, 0) is 110 Å². The van der Waals surface area contributed by atoms with Gasteiger partial charge in [0.2, 0.25) is 0 Å². The maximum absolute atomic E-state index is 6.76. The van der Waals surface area contributed by atoms with Gasteiger partial charge in [0.15, 0.2) is 0 Å². The van der Waals surface area contributed by atoms with Crippen LogP contribution in [-0.2, 0) is 21.7 Å². The summed E-state index contributed by atoms with van der Waals surface area (Å²) in [5.41, 5.74) is 17.3. The second-order valence-corrected chi connectivity index (χ2v) is 13.3. The van der Waals surface area contributed by atoms with Crippen molar-refractivity contribution in [3.63, 3.8) is 0 Å². The third kappa shape index (κ3) is 8.12. The SMILES string of the molecule is CC1=C(C)C(c2[c-]c(Oc3ccccc3)c(C(c3ccccc3)c3ccccc3)cc2C)c2c(C)c(C)c(C)c(C)c21.C[Si]C.[Cl-].[Cl-].[Ti+3]. The van der Waals surface area contributed by atoms with Crippen molar-refractivity contribution in [3.05, 3.63) is 170 Å². The van der Waals surface area contributed by atoms with Crippen LogP contribution in [0, 0.1) is 40.7 Å². The number of fused-ring (bicyclic) bond motifs is 1. The number of halogens is 2. The first kappa shape index (κ1) is 41.3. The maximum atomic E-state index is 6.76. The van der Waals surface area contributed by atoms with Gasteiger partial charge >= 0.3 is 21.7 Å². The molecule has 1 nitrogen and oxygen atoms in total. The Bertz CT molecular complexity index is 1800. The number of aryl methyl sites for hydroxylation is 1. The van der Waals surface area contributed by atoms with Gasteiger partial charge < -0.3 is 29.6 Å². The predicted octanol–water partition coefficient (Wildman–Crippen LogP) is 5.73. The Morgan fingerprint density at radius 1 is 0.646 bits per heavy atom. The average molecular weight is 725 g/mol. The minimum atomic E-state index is 0. The van der Waals surface area contributed by atoms with Crippen LogP contribution in [0.15, 0.2) is 103 Å². The van der Waals surface area contributed by atoms with E-state index in [1.807, 2.05) is 30.3 Å². The number of para-hydroxylation sites is 1. The van der Waals surface area contributed by atoms with E-state index < -0.39 is 0 Å². The van der Waals surface area contributed by atoms with Crippen LogP contribution in [0.5, 0.6) is 11.5 Å². The van der Waals surface area contributed by atoms with Crippen molar-refractivity contribution in [2.24, 2.45) is 0 Å². The average Bonchev–Trinajstić information content (AvgIpc) is 3.32. The van der Waals surface area contributed by atoms with Crippen molar-refractivity contribution in [2.75, 3.05) is 0 Å². The molecule has 5 aromatic rings. The Hall–Kier alpha value is -2.85. The van der Waals surface area contributed by atoms with Gasteiger partial charge in [-0.25, -0.2) is 0 Å². The molecule has 0 spiro atoms. The first-order valence-corrected chi connectivity index (χ1v) is 17.9. The normalized spacial score (nSPS) is 13.0. The van der Waals surface area contributed by atoms with Gasteiger partial charge in [0, 0.05) is 21.2 Å². The topological polar surface area (TPSA) is 9.23 Å². The molecule has 0 saturated carbocycles. The molecule has 0 bridgehead atoms. The molecule has 0 saturated heterocycles. The van der Waals surface area contributed by atoms with Crippen LogP contribution in [0.4, 0.5) is 0 Å². The largest absolute Gasteiger partial charge is 3.00 e. The minimum Gasteiger partial charge on any atom is -1.00 e. The summed E-state index contributed by atoms with van der Waals surface area (Å²) in [5, 5.41) is 0. The Morgan fingerprint density at radius 3 is 1.60 bits per heavy atom. The van der Waals surface area contributed by atoms with E-state index in [2.05, 4.69) is 134 Å². The zero-order valence-corrected chi connectivity index (χ0v) is 33.6. The van der Waals surface area contributed by atoms with Crippen molar-refractivity contribution < 1.29 is 51.3 Å². The minimum absolute atomic E-state index is 0. The number of rotatable bonds is 6. The summed E-state index contributed by atoms with van der Waals surface area (Å²) in [6.07, 6.45) is 0. The Balaban J connectivity index is 0.00000129. The van der Waals surface area contributed by atoms with Crippen LogP contribution < -0.4 is 29.6 Å². The van der Waals surface area contributed by atoms with Crippen LogP contribution in [-0.4, -0.2) is 9.52 Å². The molecule has 5 aromatic carbocycles. The number of hydrogen-bond acceptors (Lipinski definition) is 1. The molecule has 0 amide bonds. The Morgan fingerprint density at radius 2 is 1.10 bits per heavy atom. The number of allylic oxidation sites excluding steroid dienone is 2. The van der Waals surface area contributed by atoms with Crippen molar-refractivity contribution in [1.29, 1.82) is 0 Å². The number of ether oxygens (including phenoxy) is 1. The van der Waals surface area contributed by atoms with Gasteiger partial charge in [0.25, 0.3) is 0 Å². The van der Waals surface area contributed by atoms with Crippen LogP contribution in [0.3, 0.4) is 0 Å². The van der Waals surface area contributed by atoms with Gasteiger partial charge in [0.1, 0.15) is 5.75 Å². The quantitative estimate of drug-likeness (QED) is 0.124. The molecule has 1 aliphatic rings. The predicted molar refractivity (Wildman–Crippen MR) is 193 cm³/mol. The summed E-state index contributed by atoms with van der Waals surface area (Å²) < 4.78 is 6.76. The first-order chi connectivity index (χ1) is 21.7. The molecule has 3 radical (unpaired) electrons. The summed E-state index contributed by atoms with van der Waals surface area (Å²) in [7, 11) is 1.08. The zero-order chi connectivity index (χ0) is 32.2. The second kappa shape index (κ2) is 18.2. The van der Waals surface area contributed by atoms with Crippen molar-refractivity contribution in [1.82, 2.24) is 0 Å². The maximum Gasteiger partial charge on any atom is 3.00 e. The third-order valence-corrected chi connectivity index (χ3v) is 9.56. The van der Waals surface area contributed by atoms with Gasteiger partial charge in [-0.2, -0.15) is 11.6 Å². The van der Waals surface area contributed by atoms with E-state index in [1.165, 1.54) is 66.8 Å². The van der Waals surface area contributed by atoms with Crippen LogP contribution >= 0.6 is 0 Å². The van der Waals surface area contributed by atoms with Crippen LogP contribution in [0.25, 0.3) is 5.57 Å². The van der Waals surface area contributed by atoms with E-state index in [0.29, 0.717) is 0 Å². The Kier molecular flexibility index (Phi) is 15.7. The molecular formula is C43H45Cl2OSiTi. The van der Waals surface area contributed by atoms with E-state index in [9.17, 15) is 0 Å². The van der Waals surface area contributed by atoms with E-state index >= 15 is 0 Å². The molecule has 1 unspecified atom stereocenters. The zero-order valence-electron chi connectivity index (χ0n) is 29.6. The molecule has 0 heterocycles. The van der Waals surface area contributed by atoms with Gasteiger partial charge in [0.05, 0.1) is 0 Å².